The van der Waals surface area contributed by atoms with E-state index in [1.165, 1.54) is 22.3 Å². The minimum atomic E-state index is -3.54. The summed E-state index contributed by atoms with van der Waals surface area (Å²) in [5, 5.41) is 0. The van der Waals surface area contributed by atoms with Crippen LogP contribution in [0.15, 0.2) is 77.7 Å². The average Bonchev–Trinajstić information content (AvgIpc) is 2.83. The lowest BCUT2D eigenvalue weighted by atomic mass is 9.74. The maximum absolute atomic E-state index is 13.7. The molecule has 0 aliphatic carbocycles. The Morgan fingerprint density at radius 3 is 2.34 bits per heavy atom. The summed E-state index contributed by atoms with van der Waals surface area (Å²) in [5.74, 6) is 0.284. The molecule has 3 atom stereocenters. The van der Waals surface area contributed by atoms with Crippen molar-refractivity contribution in [1.82, 2.24) is 9.21 Å². The summed E-state index contributed by atoms with van der Waals surface area (Å²) in [6.07, 6.45) is 1.89. The van der Waals surface area contributed by atoms with Crippen molar-refractivity contribution in [2.75, 3.05) is 26.2 Å². The molecule has 6 heteroatoms. The van der Waals surface area contributed by atoms with Gasteiger partial charge < -0.3 is 5.73 Å². The smallest absolute Gasteiger partial charge is 0.243 e. The fraction of sp³-hybridized carbons (Fsp3) is 0.379. The van der Waals surface area contributed by atoms with E-state index in [0.717, 1.165) is 31.5 Å². The van der Waals surface area contributed by atoms with Crippen molar-refractivity contribution < 1.29 is 14.2 Å². The number of quaternary nitrogens is 1. The molecule has 2 heterocycles. The molecule has 0 radical (unpaired) electrons. The quantitative estimate of drug-likeness (QED) is 0.591. The first-order valence-electron chi connectivity index (χ1n) is 12.7. The van der Waals surface area contributed by atoms with Crippen LogP contribution in [0, 0.1) is 13.8 Å². The second-order valence-electron chi connectivity index (χ2n) is 10.0. The number of hydrogen-bond acceptors (Lipinski definition) is 3. The van der Waals surface area contributed by atoms with Gasteiger partial charge in [0, 0.05) is 25.0 Å². The van der Waals surface area contributed by atoms with Crippen molar-refractivity contribution in [2.24, 2.45) is 0 Å². The minimum absolute atomic E-state index is 0.172. The predicted octanol–water partition coefficient (Wildman–Crippen LogP) is 3.83. The van der Waals surface area contributed by atoms with Crippen LogP contribution in [0.25, 0.3) is 11.1 Å². The summed E-state index contributed by atoms with van der Waals surface area (Å²) in [6, 6.07) is 25.3. The second kappa shape index (κ2) is 9.86. The van der Waals surface area contributed by atoms with Crippen LogP contribution in [0.5, 0.6) is 0 Å². The molecule has 5 nitrogen and oxygen atoms in total. The monoisotopic (exact) mass is 490 g/mol. The number of fused-ring (bicyclic) bond motifs is 1. The van der Waals surface area contributed by atoms with Crippen LogP contribution in [0.1, 0.15) is 35.4 Å². The minimum Gasteiger partial charge on any atom is -0.356 e. The molecule has 5 rings (SSSR count). The van der Waals surface area contributed by atoms with E-state index in [-0.39, 0.29) is 12.0 Å². The standard InChI is InChI=1S/C29H35N3O2S/c1-21-8-7-10-25(18-21)23-12-14-24(15-13-23)29-26(19-30)32-17-6-5-16-31(20-27(29)32)35(33,34)28-11-4-3-9-22(28)2/h3-4,7-15,18,26-27,29H,5-6,16-17,19-20,30H2,1-2H3/p+1/t26-,27?,29-/m1/s1. The molecule has 35 heavy (non-hydrogen) atoms. The fourth-order valence-corrected chi connectivity index (χ4v) is 7.68. The molecule has 0 saturated carbocycles. The van der Waals surface area contributed by atoms with Gasteiger partial charge in [0.25, 0.3) is 0 Å². The van der Waals surface area contributed by atoms with E-state index in [9.17, 15) is 8.42 Å². The molecule has 184 valence electrons. The van der Waals surface area contributed by atoms with Crippen LogP contribution in [0.3, 0.4) is 0 Å². The van der Waals surface area contributed by atoms with Gasteiger partial charge in [0.1, 0.15) is 0 Å². The Bertz CT molecular complexity index is 1290. The molecule has 2 fully saturated rings. The van der Waals surface area contributed by atoms with Crippen molar-refractivity contribution in [3.05, 3.63) is 89.5 Å². The van der Waals surface area contributed by atoms with Crippen LogP contribution < -0.4 is 5.73 Å². The summed E-state index contributed by atoms with van der Waals surface area (Å²) >= 11 is 0. The lowest BCUT2D eigenvalue weighted by Crippen LogP contribution is -2.74. The third kappa shape index (κ3) is 4.56. The molecule has 0 bridgehead atoms. The van der Waals surface area contributed by atoms with Gasteiger partial charge in [0.15, 0.2) is 0 Å². The summed E-state index contributed by atoms with van der Waals surface area (Å²) in [5.41, 5.74) is 10.0. The Hall–Kier alpha value is -2.51. The van der Waals surface area contributed by atoms with Gasteiger partial charge in [0.05, 0.1) is 17.5 Å². The first-order valence-corrected chi connectivity index (χ1v) is 14.1. The zero-order chi connectivity index (χ0) is 24.6. The number of nitrogens with zero attached hydrogens (tertiary/aromatic N) is 2. The van der Waals surface area contributed by atoms with Gasteiger partial charge in [-0.15, -0.1) is 0 Å². The maximum Gasteiger partial charge on any atom is 0.243 e. The lowest BCUT2D eigenvalue weighted by molar-refractivity contribution is -0.389. The van der Waals surface area contributed by atoms with E-state index in [1.54, 1.807) is 10.4 Å². The highest BCUT2D eigenvalue weighted by molar-refractivity contribution is 7.89. The van der Waals surface area contributed by atoms with Crippen LogP contribution in [-0.4, -0.2) is 55.9 Å². The highest BCUT2D eigenvalue weighted by Gasteiger charge is 2.51. The normalized spacial score (nSPS) is 23.7. The highest BCUT2D eigenvalue weighted by atomic mass is 32.2. The number of hydrogen-bond donors (Lipinski definition) is 1. The average molecular weight is 491 g/mol. The SMILES string of the molecule is Cc1cccc(-c2ccc([C@H]3C4CN(S(=O)(=O)c5ccccc5C)CCCCN4[C@@H]3C[NH3+])cc2)c1. The van der Waals surface area contributed by atoms with Gasteiger partial charge in [-0.3, -0.25) is 4.90 Å². The molecule has 1 unspecified atom stereocenters. The molecule has 0 spiro atoms. The first-order chi connectivity index (χ1) is 16.9. The van der Waals surface area contributed by atoms with Crippen LogP contribution >= 0.6 is 0 Å². The third-order valence-corrected chi connectivity index (χ3v) is 9.83. The Balaban J connectivity index is 1.43. The highest BCUT2D eigenvalue weighted by Crippen LogP contribution is 2.42. The van der Waals surface area contributed by atoms with Crippen LogP contribution in [0.4, 0.5) is 0 Å². The Morgan fingerprint density at radius 2 is 1.63 bits per heavy atom. The Morgan fingerprint density at radius 1 is 0.886 bits per heavy atom. The number of benzene rings is 3. The molecule has 2 saturated heterocycles. The molecule has 2 aliphatic rings. The number of aryl methyl sites for hydroxylation is 2. The largest absolute Gasteiger partial charge is 0.356 e. The maximum atomic E-state index is 13.7. The summed E-state index contributed by atoms with van der Waals surface area (Å²) in [7, 11) is -3.54. The topological polar surface area (TPSA) is 68.3 Å². The summed E-state index contributed by atoms with van der Waals surface area (Å²) < 4.78 is 29.1. The van der Waals surface area contributed by atoms with Gasteiger partial charge in [-0.25, -0.2) is 8.42 Å². The van der Waals surface area contributed by atoms with E-state index in [2.05, 4.69) is 66.1 Å². The van der Waals surface area contributed by atoms with Crippen LogP contribution in [-0.2, 0) is 10.0 Å². The zero-order valence-electron chi connectivity index (χ0n) is 20.7. The van der Waals surface area contributed by atoms with Gasteiger partial charge in [-0.1, -0.05) is 72.3 Å². The fourth-order valence-electron chi connectivity index (χ4n) is 5.96. The van der Waals surface area contributed by atoms with E-state index in [4.69, 9.17) is 0 Å². The summed E-state index contributed by atoms with van der Waals surface area (Å²) in [6.45, 7) is 6.94. The molecule has 0 aromatic heterocycles. The molecule has 3 N–H and O–H groups in total. The molecular formula is C29H36N3O2S+. The van der Waals surface area contributed by atoms with E-state index < -0.39 is 10.0 Å². The number of rotatable bonds is 5. The van der Waals surface area contributed by atoms with Gasteiger partial charge in [-0.05, 0) is 61.6 Å². The Labute approximate surface area is 209 Å². The molecule has 3 aromatic rings. The van der Waals surface area contributed by atoms with E-state index in [1.807, 2.05) is 25.1 Å². The molecular weight excluding hydrogens is 454 g/mol. The van der Waals surface area contributed by atoms with E-state index in [0.29, 0.717) is 24.0 Å². The van der Waals surface area contributed by atoms with E-state index >= 15 is 0 Å². The molecule has 2 aliphatic heterocycles. The van der Waals surface area contributed by atoms with Crippen LogP contribution in [0.2, 0.25) is 0 Å². The van der Waals surface area contributed by atoms with Crippen molar-refractivity contribution in [3.8, 4) is 11.1 Å². The Kier molecular flexibility index (Phi) is 6.82. The molecule has 3 aromatic carbocycles. The predicted molar refractivity (Wildman–Crippen MR) is 141 cm³/mol. The van der Waals surface area contributed by atoms with Crippen molar-refractivity contribution >= 4 is 10.0 Å². The summed E-state index contributed by atoms with van der Waals surface area (Å²) in [4.78, 5) is 2.94. The molecule has 0 amide bonds. The third-order valence-electron chi connectivity index (χ3n) is 7.80. The van der Waals surface area contributed by atoms with Crippen molar-refractivity contribution in [2.45, 2.75) is 49.6 Å². The zero-order valence-corrected chi connectivity index (χ0v) is 21.5. The lowest BCUT2D eigenvalue weighted by Gasteiger charge is -2.56. The first kappa shape index (κ1) is 24.2. The van der Waals surface area contributed by atoms with Crippen molar-refractivity contribution in [3.63, 3.8) is 0 Å². The number of sulfonamides is 1. The van der Waals surface area contributed by atoms with Gasteiger partial charge >= 0.3 is 0 Å². The van der Waals surface area contributed by atoms with Crippen molar-refractivity contribution in [1.29, 1.82) is 0 Å². The van der Waals surface area contributed by atoms with Gasteiger partial charge in [-0.2, -0.15) is 4.31 Å². The van der Waals surface area contributed by atoms with Gasteiger partial charge in [0.2, 0.25) is 10.0 Å². The second-order valence-corrected chi connectivity index (χ2v) is 11.9.